The Hall–Kier alpha value is -0.570. The van der Waals surface area contributed by atoms with Gasteiger partial charge in [0, 0.05) is 18.5 Å². The van der Waals surface area contributed by atoms with Gasteiger partial charge in [0.25, 0.3) is 0 Å². The van der Waals surface area contributed by atoms with Crippen LogP contribution in [0.3, 0.4) is 0 Å². The minimum Gasteiger partial charge on any atom is -0.352 e. The molecule has 112 valence electrons. The van der Waals surface area contributed by atoms with E-state index >= 15 is 0 Å². The van der Waals surface area contributed by atoms with Crippen LogP contribution in [0.2, 0.25) is 0 Å². The van der Waals surface area contributed by atoms with Gasteiger partial charge in [0.05, 0.1) is 0 Å². The predicted molar refractivity (Wildman–Crippen MR) is 79.1 cm³/mol. The Morgan fingerprint density at radius 1 is 0.950 bits per heavy atom. The van der Waals surface area contributed by atoms with Gasteiger partial charge in [0.15, 0.2) is 0 Å². The highest BCUT2D eigenvalue weighted by molar-refractivity contribution is 5.80. The SMILES string of the molecule is CC1CNCC(NC(=O)C2C3CC4CC(C3)CC2C4)C1. The zero-order valence-electron chi connectivity index (χ0n) is 12.6. The smallest absolute Gasteiger partial charge is 0.223 e. The molecule has 5 rings (SSSR count). The second kappa shape index (κ2) is 5.01. The van der Waals surface area contributed by atoms with Crippen LogP contribution in [0.1, 0.15) is 45.4 Å². The largest absolute Gasteiger partial charge is 0.352 e. The van der Waals surface area contributed by atoms with Crippen LogP contribution < -0.4 is 10.6 Å². The van der Waals surface area contributed by atoms with E-state index in [-0.39, 0.29) is 0 Å². The lowest BCUT2D eigenvalue weighted by atomic mass is 9.51. The zero-order valence-corrected chi connectivity index (χ0v) is 12.6. The topological polar surface area (TPSA) is 41.1 Å². The highest BCUT2D eigenvalue weighted by Crippen LogP contribution is 2.56. The maximum Gasteiger partial charge on any atom is 0.223 e. The third-order valence-corrected chi connectivity index (χ3v) is 6.45. The van der Waals surface area contributed by atoms with Crippen LogP contribution in [-0.4, -0.2) is 25.0 Å². The van der Waals surface area contributed by atoms with Crippen molar-refractivity contribution in [3.63, 3.8) is 0 Å². The molecule has 0 aromatic rings. The first-order valence-corrected chi connectivity index (χ1v) is 8.70. The lowest BCUT2D eigenvalue weighted by molar-refractivity contribution is -0.139. The average Bonchev–Trinajstić information content (AvgIpc) is 2.37. The maximum absolute atomic E-state index is 12.8. The summed E-state index contributed by atoms with van der Waals surface area (Å²) in [5.74, 6) is 4.75. The maximum atomic E-state index is 12.8. The fraction of sp³-hybridized carbons (Fsp3) is 0.941. The lowest BCUT2D eigenvalue weighted by Crippen LogP contribution is -2.55. The molecule has 4 aliphatic carbocycles. The molecule has 1 saturated heterocycles. The van der Waals surface area contributed by atoms with E-state index in [1.165, 1.54) is 32.1 Å². The van der Waals surface area contributed by atoms with E-state index in [9.17, 15) is 4.79 Å². The fourth-order valence-electron chi connectivity index (χ4n) is 5.92. The third kappa shape index (κ3) is 2.28. The number of piperidine rings is 1. The van der Waals surface area contributed by atoms with E-state index in [1.807, 2.05) is 0 Å². The standard InChI is InChI=1S/C17H28N2O/c1-10-2-15(9-18-8-10)19-17(20)16-13-4-11-3-12(6-13)7-14(16)5-11/h10-16,18H,2-9H2,1H3,(H,19,20). The quantitative estimate of drug-likeness (QED) is 0.811. The van der Waals surface area contributed by atoms with Crippen molar-refractivity contribution in [3.8, 4) is 0 Å². The highest BCUT2D eigenvalue weighted by atomic mass is 16.2. The summed E-state index contributed by atoms with van der Waals surface area (Å²) in [5.41, 5.74) is 0. The van der Waals surface area contributed by atoms with Gasteiger partial charge in [-0.15, -0.1) is 0 Å². The van der Waals surface area contributed by atoms with E-state index in [0.717, 1.165) is 31.3 Å². The van der Waals surface area contributed by atoms with Crippen LogP contribution in [0.25, 0.3) is 0 Å². The molecular formula is C17H28N2O. The van der Waals surface area contributed by atoms with Crippen molar-refractivity contribution in [2.75, 3.05) is 13.1 Å². The molecule has 5 fully saturated rings. The summed E-state index contributed by atoms with van der Waals surface area (Å²) < 4.78 is 0. The third-order valence-electron chi connectivity index (χ3n) is 6.45. The van der Waals surface area contributed by atoms with Crippen molar-refractivity contribution in [2.24, 2.45) is 35.5 Å². The van der Waals surface area contributed by atoms with E-state index in [4.69, 9.17) is 0 Å². The Kier molecular flexibility index (Phi) is 3.29. The molecule has 2 N–H and O–H groups in total. The van der Waals surface area contributed by atoms with E-state index < -0.39 is 0 Å². The summed E-state index contributed by atoms with van der Waals surface area (Å²) in [6.07, 6.45) is 7.96. The van der Waals surface area contributed by atoms with Gasteiger partial charge >= 0.3 is 0 Å². The summed E-state index contributed by atoms with van der Waals surface area (Å²) in [6, 6.07) is 0.364. The summed E-state index contributed by atoms with van der Waals surface area (Å²) in [7, 11) is 0. The molecule has 0 aromatic carbocycles. The predicted octanol–water partition coefficient (Wildman–Crippen LogP) is 2.17. The van der Waals surface area contributed by atoms with Gasteiger partial charge in [-0.05, 0) is 74.7 Å². The Balaban J connectivity index is 1.41. The summed E-state index contributed by atoms with van der Waals surface area (Å²) in [5, 5.41) is 6.82. The summed E-state index contributed by atoms with van der Waals surface area (Å²) >= 11 is 0. The highest BCUT2D eigenvalue weighted by Gasteiger charge is 2.50. The van der Waals surface area contributed by atoms with Gasteiger partial charge in [-0.1, -0.05) is 6.92 Å². The number of hydrogen-bond donors (Lipinski definition) is 2. The van der Waals surface area contributed by atoms with Gasteiger partial charge in [0.1, 0.15) is 0 Å². The second-order valence-electron chi connectivity index (χ2n) is 8.16. The monoisotopic (exact) mass is 276 g/mol. The van der Waals surface area contributed by atoms with Crippen LogP contribution in [0, 0.1) is 35.5 Å². The van der Waals surface area contributed by atoms with Crippen molar-refractivity contribution >= 4 is 5.91 Å². The van der Waals surface area contributed by atoms with Crippen LogP contribution in [0.5, 0.6) is 0 Å². The van der Waals surface area contributed by atoms with Gasteiger partial charge in [-0.25, -0.2) is 0 Å². The molecule has 2 unspecified atom stereocenters. The molecule has 2 atom stereocenters. The van der Waals surface area contributed by atoms with E-state index in [1.54, 1.807) is 0 Å². The first-order chi connectivity index (χ1) is 9.69. The Morgan fingerprint density at radius 3 is 2.20 bits per heavy atom. The van der Waals surface area contributed by atoms with Gasteiger partial charge in [-0.3, -0.25) is 4.79 Å². The molecule has 0 aromatic heterocycles. The summed E-state index contributed by atoms with van der Waals surface area (Å²) in [6.45, 7) is 4.34. The van der Waals surface area contributed by atoms with Gasteiger partial charge < -0.3 is 10.6 Å². The van der Waals surface area contributed by atoms with Crippen LogP contribution in [-0.2, 0) is 4.79 Å². The van der Waals surface area contributed by atoms with Crippen molar-refractivity contribution in [1.82, 2.24) is 10.6 Å². The molecule has 1 aliphatic heterocycles. The molecule has 1 heterocycles. The Labute approximate surface area is 122 Å². The van der Waals surface area contributed by atoms with Crippen LogP contribution in [0.15, 0.2) is 0 Å². The molecule has 20 heavy (non-hydrogen) atoms. The molecule has 4 bridgehead atoms. The average molecular weight is 276 g/mol. The summed E-state index contributed by atoms with van der Waals surface area (Å²) in [4.78, 5) is 12.8. The number of carbonyl (C=O) groups excluding carboxylic acids is 1. The number of carbonyl (C=O) groups is 1. The van der Waals surface area contributed by atoms with Crippen molar-refractivity contribution < 1.29 is 4.79 Å². The van der Waals surface area contributed by atoms with Gasteiger partial charge in [0.2, 0.25) is 5.91 Å². The number of hydrogen-bond acceptors (Lipinski definition) is 2. The molecule has 0 radical (unpaired) electrons. The minimum absolute atomic E-state index is 0.347. The van der Waals surface area contributed by atoms with Crippen molar-refractivity contribution in [1.29, 1.82) is 0 Å². The number of nitrogens with one attached hydrogen (secondary N) is 2. The molecular weight excluding hydrogens is 248 g/mol. The Morgan fingerprint density at radius 2 is 1.60 bits per heavy atom. The lowest BCUT2D eigenvalue weighted by Gasteiger charge is -2.53. The van der Waals surface area contributed by atoms with Crippen LogP contribution >= 0.6 is 0 Å². The molecule has 5 aliphatic rings. The van der Waals surface area contributed by atoms with Gasteiger partial charge in [-0.2, -0.15) is 0 Å². The normalized spacial score (nSPS) is 50.1. The van der Waals surface area contributed by atoms with Crippen molar-refractivity contribution in [3.05, 3.63) is 0 Å². The number of amides is 1. The zero-order chi connectivity index (χ0) is 13.7. The minimum atomic E-state index is 0.347. The Bertz CT molecular complexity index is 366. The molecule has 4 saturated carbocycles. The van der Waals surface area contributed by atoms with Crippen molar-refractivity contribution in [2.45, 2.75) is 51.5 Å². The second-order valence-corrected chi connectivity index (χ2v) is 8.16. The van der Waals surface area contributed by atoms with E-state index in [0.29, 0.717) is 35.6 Å². The molecule has 3 heteroatoms. The molecule has 3 nitrogen and oxygen atoms in total. The first kappa shape index (κ1) is 13.1. The molecule has 0 spiro atoms. The first-order valence-electron chi connectivity index (χ1n) is 8.70. The number of rotatable bonds is 2. The van der Waals surface area contributed by atoms with E-state index in [2.05, 4.69) is 17.6 Å². The molecule has 1 amide bonds. The fourth-order valence-corrected chi connectivity index (χ4v) is 5.92. The van der Waals surface area contributed by atoms with Crippen LogP contribution in [0.4, 0.5) is 0 Å².